The first kappa shape index (κ1) is 9.74. The van der Waals surface area contributed by atoms with Crippen LogP contribution in [0.1, 0.15) is 6.42 Å². The molecule has 13 heavy (non-hydrogen) atoms. The van der Waals surface area contributed by atoms with Crippen molar-refractivity contribution in [3.05, 3.63) is 37.0 Å². The molecule has 0 amide bonds. The highest BCUT2D eigenvalue weighted by molar-refractivity contribution is 5.81. The minimum absolute atomic E-state index is 0.473. The molecule has 3 heteroatoms. The normalized spacial score (nSPS) is 26.6. The molecular weight excluding hydrogens is 168 g/mol. The maximum atomic E-state index is 10.8. The predicted molar refractivity (Wildman–Crippen MR) is 48.9 cm³/mol. The van der Waals surface area contributed by atoms with Crippen molar-refractivity contribution in [3.63, 3.8) is 0 Å². The van der Waals surface area contributed by atoms with Crippen molar-refractivity contribution in [2.24, 2.45) is 0 Å². The second kappa shape index (κ2) is 5.32. The molecule has 1 atom stereocenters. The molecule has 0 saturated carbocycles. The average Bonchev–Trinajstić information content (AvgIpc) is 2.09. The van der Waals surface area contributed by atoms with Gasteiger partial charge in [0.15, 0.2) is 0 Å². The molecule has 70 valence electrons. The number of esters is 1. The molecule has 0 aromatic carbocycles. The van der Waals surface area contributed by atoms with Gasteiger partial charge in [0, 0.05) is 6.08 Å². The van der Waals surface area contributed by atoms with Gasteiger partial charge in [-0.1, -0.05) is 24.8 Å². The van der Waals surface area contributed by atoms with Crippen molar-refractivity contribution in [3.8, 4) is 0 Å². The van der Waals surface area contributed by atoms with Crippen LogP contribution in [0.25, 0.3) is 0 Å². The summed E-state index contributed by atoms with van der Waals surface area (Å²) in [4.78, 5) is 10.8. The molecule has 3 nitrogen and oxygen atoms in total. The lowest BCUT2D eigenvalue weighted by molar-refractivity contribution is -0.162. The summed E-state index contributed by atoms with van der Waals surface area (Å²) in [5, 5.41) is 0. The Morgan fingerprint density at radius 2 is 2.46 bits per heavy atom. The third-order valence-corrected chi connectivity index (χ3v) is 1.48. The van der Waals surface area contributed by atoms with E-state index in [9.17, 15) is 4.79 Å². The number of ether oxygens (including phenoxy) is 2. The van der Waals surface area contributed by atoms with Crippen LogP contribution in [0.2, 0.25) is 0 Å². The van der Waals surface area contributed by atoms with Crippen molar-refractivity contribution in [1.82, 2.24) is 0 Å². The summed E-state index contributed by atoms with van der Waals surface area (Å²) in [6.07, 6.45) is 8.71. The van der Waals surface area contributed by atoms with Gasteiger partial charge < -0.3 is 9.47 Å². The largest absolute Gasteiger partial charge is 0.429 e. The van der Waals surface area contributed by atoms with Crippen molar-refractivity contribution in [2.45, 2.75) is 12.7 Å². The van der Waals surface area contributed by atoms with E-state index in [4.69, 9.17) is 9.47 Å². The Morgan fingerprint density at radius 3 is 3.23 bits per heavy atom. The minimum atomic E-state index is -0.588. The molecule has 1 aliphatic heterocycles. The quantitative estimate of drug-likeness (QED) is 0.478. The van der Waals surface area contributed by atoms with Crippen molar-refractivity contribution in [2.75, 3.05) is 6.61 Å². The highest BCUT2D eigenvalue weighted by Gasteiger charge is 2.08. The van der Waals surface area contributed by atoms with E-state index in [0.717, 1.165) is 12.5 Å². The number of carbonyl (C=O) groups excluding carboxylic acids is 1. The molecule has 0 aliphatic carbocycles. The highest BCUT2D eigenvalue weighted by atomic mass is 16.7. The Hall–Kier alpha value is -1.35. The smallest absolute Gasteiger partial charge is 0.332 e. The van der Waals surface area contributed by atoms with Crippen LogP contribution < -0.4 is 0 Å². The van der Waals surface area contributed by atoms with E-state index in [1.54, 1.807) is 12.2 Å². The molecule has 1 heterocycles. The lowest BCUT2D eigenvalue weighted by atomic mass is 10.3. The summed E-state index contributed by atoms with van der Waals surface area (Å²) in [7, 11) is 0. The van der Waals surface area contributed by atoms with E-state index in [-0.39, 0.29) is 0 Å². The first-order valence-corrected chi connectivity index (χ1v) is 4.11. The van der Waals surface area contributed by atoms with Crippen LogP contribution in [-0.2, 0) is 14.3 Å². The van der Waals surface area contributed by atoms with E-state index in [1.807, 2.05) is 12.2 Å². The number of hydrogen-bond acceptors (Lipinski definition) is 3. The zero-order valence-electron chi connectivity index (χ0n) is 7.31. The zero-order chi connectivity index (χ0) is 9.52. The van der Waals surface area contributed by atoms with Gasteiger partial charge in [-0.15, -0.1) is 0 Å². The van der Waals surface area contributed by atoms with Gasteiger partial charge in [-0.05, 0) is 12.5 Å². The molecule has 0 bridgehead atoms. The van der Waals surface area contributed by atoms with E-state index >= 15 is 0 Å². The van der Waals surface area contributed by atoms with Crippen LogP contribution in [-0.4, -0.2) is 18.9 Å². The number of carbonyl (C=O) groups is 1. The lowest BCUT2D eigenvalue weighted by Gasteiger charge is -2.14. The summed E-state index contributed by atoms with van der Waals surface area (Å²) in [5.74, 6) is -0.473. The third kappa shape index (κ3) is 3.71. The SMILES string of the molecule is C=CC(=O)OC1/C=C\C=C/CCO1. The van der Waals surface area contributed by atoms with Crippen LogP contribution in [0.4, 0.5) is 0 Å². The first-order valence-electron chi connectivity index (χ1n) is 4.11. The van der Waals surface area contributed by atoms with E-state index in [0.29, 0.717) is 6.61 Å². The monoisotopic (exact) mass is 180 g/mol. The summed E-state index contributed by atoms with van der Waals surface area (Å²) in [5.41, 5.74) is 0. The summed E-state index contributed by atoms with van der Waals surface area (Å²) in [6, 6.07) is 0. The van der Waals surface area contributed by atoms with Gasteiger partial charge in [0.1, 0.15) is 0 Å². The highest BCUT2D eigenvalue weighted by Crippen LogP contribution is 2.03. The standard InChI is InChI=1S/C10H12O3/c1-2-9(11)13-10-7-5-3-4-6-8-12-10/h2-5,7,10H,1,6,8H2/b4-3-,7-5-. The van der Waals surface area contributed by atoms with Gasteiger partial charge in [0.25, 0.3) is 0 Å². The fourth-order valence-electron chi connectivity index (χ4n) is 0.873. The number of allylic oxidation sites excluding steroid dienone is 2. The summed E-state index contributed by atoms with van der Waals surface area (Å²) in [6.45, 7) is 3.85. The molecule has 1 aliphatic rings. The molecule has 1 rings (SSSR count). The van der Waals surface area contributed by atoms with Gasteiger partial charge in [0.05, 0.1) is 6.61 Å². The van der Waals surface area contributed by atoms with Crippen molar-refractivity contribution >= 4 is 5.97 Å². The van der Waals surface area contributed by atoms with Gasteiger partial charge in [-0.3, -0.25) is 0 Å². The molecule has 0 aromatic rings. The second-order valence-electron chi connectivity index (χ2n) is 2.48. The van der Waals surface area contributed by atoms with Gasteiger partial charge in [-0.25, -0.2) is 4.79 Å². The molecule has 0 fully saturated rings. The maximum Gasteiger partial charge on any atom is 0.332 e. The lowest BCUT2D eigenvalue weighted by Crippen LogP contribution is -2.18. The fraction of sp³-hybridized carbons (Fsp3) is 0.300. The van der Waals surface area contributed by atoms with Crippen LogP contribution in [0, 0.1) is 0 Å². The van der Waals surface area contributed by atoms with Gasteiger partial charge in [0.2, 0.25) is 6.29 Å². The Morgan fingerprint density at radius 1 is 1.62 bits per heavy atom. The molecule has 0 aromatic heterocycles. The van der Waals surface area contributed by atoms with Crippen LogP contribution >= 0.6 is 0 Å². The Kier molecular flexibility index (Phi) is 3.99. The van der Waals surface area contributed by atoms with E-state index in [2.05, 4.69) is 6.58 Å². The summed E-state index contributed by atoms with van der Waals surface area (Å²) < 4.78 is 10.1. The molecule has 0 radical (unpaired) electrons. The number of hydrogen-bond donors (Lipinski definition) is 0. The number of rotatable bonds is 2. The Balaban J connectivity index is 2.47. The fourth-order valence-corrected chi connectivity index (χ4v) is 0.873. The van der Waals surface area contributed by atoms with Crippen molar-refractivity contribution < 1.29 is 14.3 Å². The topological polar surface area (TPSA) is 35.5 Å². The first-order chi connectivity index (χ1) is 6.33. The van der Waals surface area contributed by atoms with E-state index < -0.39 is 12.3 Å². The molecule has 1 unspecified atom stereocenters. The third-order valence-electron chi connectivity index (χ3n) is 1.48. The van der Waals surface area contributed by atoms with Gasteiger partial charge in [-0.2, -0.15) is 0 Å². The molecule has 0 N–H and O–H groups in total. The molecule has 0 spiro atoms. The minimum Gasteiger partial charge on any atom is -0.429 e. The second-order valence-corrected chi connectivity index (χ2v) is 2.48. The maximum absolute atomic E-state index is 10.8. The molecular formula is C10H12O3. The molecule has 0 saturated heterocycles. The zero-order valence-corrected chi connectivity index (χ0v) is 7.31. The Labute approximate surface area is 77.3 Å². The van der Waals surface area contributed by atoms with Crippen LogP contribution in [0.3, 0.4) is 0 Å². The predicted octanol–water partition coefficient (Wildman–Crippen LogP) is 1.57. The van der Waals surface area contributed by atoms with E-state index in [1.165, 1.54) is 0 Å². The average molecular weight is 180 g/mol. The summed E-state index contributed by atoms with van der Waals surface area (Å²) >= 11 is 0. The van der Waals surface area contributed by atoms with Crippen LogP contribution in [0.15, 0.2) is 37.0 Å². The van der Waals surface area contributed by atoms with Crippen molar-refractivity contribution in [1.29, 1.82) is 0 Å². The van der Waals surface area contributed by atoms with Gasteiger partial charge >= 0.3 is 5.97 Å². The Bertz CT molecular complexity index is 241. The van der Waals surface area contributed by atoms with Crippen LogP contribution in [0.5, 0.6) is 0 Å².